The van der Waals surface area contributed by atoms with Crippen LogP contribution in [0.4, 0.5) is 10.2 Å². The lowest BCUT2D eigenvalue weighted by Gasteiger charge is -2.33. The molecule has 1 fully saturated rings. The number of carbonyl (C=O) groups is 1. The highest BCUT2D eigenvalue weighted by molar-refractivity contribution is 5.79. The molecule has 0 radical (unpaired) electrons. The van der Waals surface area contributed by atoms with Crippen LogP contribution in [0.25, 0.3) is 11.3 Å². The van der Waals surface area contributed by atoms with E-state index in [0.717, 1.165) is 47.8 Å². The predicted molar refractivity (Wildman–Crippen MR) is 114 cm³/mol. The molecule has 0 aliphatic carbocycles. The number of ether oxygens (including phenoxy) is 1. The number of amides is 1. The molecule has 1 aromatic heterocycles. The van der Waals surface area contributed by atoms with E-state index in [1.54, 1.807) is 19.2 Å². The lowest BCUT2D eigenvalue weighted by Crippen LogP contribution is -2.48. The highest BCUT2D eigenvalue weighted by atomic mass is 19.1. The molecule has 1 aliphatic heterocycles. The minimum Gasteiger partial charge on any atom is -0.497 e. The molecule has 1 saturated heterocycles. The summed E-state index contributed by atoms with van der Waals surface area (Å²) in [7, 11) is 1.62. The zero-order valence-corrected chi connectivity index (χ0v) is 16.9. The smallest absolute Gasteiger partial charge is 0.224 e. The number of rotatable bonds is 6. The zero-order chi connectivity index (χ0) is 20.9. The number of aromatic amines is 1. The van der Waals surface area contributed by atoms with Gasteiger partial charge in [0.05, 0.1) is 19.2 Å². The van der Waals surface area contributed by atoms with Gasteiger partial charge >= 0.3 is 0 Å². The average molecular weight is 408 g/mol. The molecule has 30 heavy (non-hydrogen) atoms. The van der Waals surface area contributed by atoms with Crippen molar-refractivity contribution in [2.75, 3.05) is 25.1 Å². The number of hydrogen-bond acceptors (Lipinski definition) is 4. The Kier molecular flexibility index (Phi) is 5.97. The molecule has 0 saturated carbocycles. The molecule has 1 unspecified atom stereocenters. The van der Waals surface area contributed by atoms with E-state index in [0.29, 0.717) is 13.0 Å². The zero-order valence-electron chi connectivity index (χ0n) is 16.9. The Morgan fingerprint density at radius 3 is 2.90 bits per heavy atom. The van der Waals surface area contributed by atoms with Gasteiger partial charge in [-0.15, -0.1) is 0 Å². The molecule has 1 atom stereocenters. The molecule has 2 heterocycles. The molecule has 7 heteroatoms. The number of H-pyrrole nitrogens is 1. The Morgan fingerprint density at radius 1 is 1.27 bits per heavy atom. The number of nitrogens with zero attached hydrogens (tertiary/aromatic N) is 2. The molecule has 3 aromatic rings. The summed E-state index contributed by atoms with van der Waals surface area (Å²) in [5, 5.41) is 10.6. The van der Waals surface area contributed by atoms with Gasteiger partial charge in [0.25, 0.3) is 0 Å². The molecule has 0 spiro atoms. The van der Waals surface area contributed by atoms with E-state index in [2.05, 4.69) is 20.4 Å². The van der Waals surface area contributed by atoms with Crippen LogP contribution in [-0.4, -0.2) is 42.3 Å². The van der Waals surface area contributed by atoms with Gasteiger partial charge in [-0.2, -0.15) is 5.10 Å². The summed E-state index contributed by atoms with van der Waals surface area (Å²) in [6, 6.07) is 15.9. The maximum Gasteiger partial charge on any atom is 0.224 e. The van der Waals surface area contributed by atoms with Crippen molar-refractivity contribution >= 4 is 11.7 Å². The molecule has 1 aliphatic rings. The minimum atomic E-state index is -0.262. The summed E-state index contributed by atoms with van der Waals surface area (Å²) in [4.78, 5) is 14.7. The van der Waals surface area contributed by atoms with Crippen molar-refractivity contribution < 1.29 is 13.9 Å². The van der Waals surface area contributed by atoms with Crippen molar-refractivity contribution in [1.82, 2.24) is 15.5 Å². The largest absolute Gasteiger partial charge is 0.497 e. The Labute approximate surface area is 175 Å². The second-order valence-corrected chi connectivity index (χ2v) is 7.53. The fourth-order valence-corrected chi connectivity index (χ4v) is 3.80. The van der Waals surface area contributed by atoms with E-state index in [1.807, 2.05) is 30.3 Å². The fraction of sp³-hybridized carbons (Fsp3) is 0.304. The maximum absolute atomic E-state index is 13.1. The molecule has 6 nitrogen and oxygen atoms in total. The van der Waals surface area contributed by atoms with Crippen LogP contribution >= 0.6 is 0 Å². The van der Waals surface area contributed by atoms with E-state index in [4.69, 9.17) is 4.74 Å². The molecule has 156 valence electrons. The van der Waals surface area contributed by atoms with Crippen LogP contribution in [0, 0.1) is 5.82 Å². The van der Waals surface area contributed by atoms with Gasteiger partial charge in [0.15, 0.2) is 5.82 Å². The van der Waals surface area contributed by atoms with Crippen LogP contribution in [0.2, 0.25) is 0 Å². The number of halogens is 1. The number of methoxy groups -OCH3 is 1. The lowest BCUT2D eigenvalue weighted by atomic mass is 10.0. The number of nitrogens with one attached hydrogen (secondary N) is 2. The van der Waals surface area contributed by atoms with Crippen molar-refractivity contribution in [3.05, 3.63) is 66.0 Å². The minimum absolute atomic E-state index is 0.00383. The lowest BCUT2D eigenvalue weighted by molar-refractivity contribution is -0.121. The molecule has 4 rings (SSSR count). The number of benzene rings is 2. The van der Waals surface area contributed by atoms with Gasteiger partial charge in [0.1, 0.15) is 11.6 Å². The molecular formula is C23H25FN4O2. The monoisotopic (exact) mass is 408 g/mol. The van der Waals surface area contributed by atoms with Gasteiger partial charge in [0.2, 0.25) is 5.91 Å². The second-order valence-electron chi connectivity index (χ2n) is 7.53. The highest BCUT2D eigenvalue weighted by Gasteiger charge is 2.23. The van der Waals surface area contributed by atoms with Crippen LogP contribution in [0.1, 0.15) is 18.4 Å². The summed E-state index contributed by atoms with van der Waals surface area (Å²) < 4.78 is 18.4. The van der Waals surface area contributed by atoms with E-state index in [9.17, 15) is 9.18 Å². The molecular weight excluding hydrogens is 383 g/mol. The number of aromatic nitrogens is 2. The van der Waals surface area contributed by atoms with Crippen LogP contribution in [-0.2, 0) is 11.2 Å². The first kappa shape index (κ1) is 19.9. The molecule has 1 amide bonds. The Hall–Kier alpha value is -3.35. The summed E-state index contributed by atoms with van der Waals surface area (Å²) >= 11 is 0. The number of hydrogen-bond donors (Lipinski definition) is 2. The fourth-order valence-electron chi connectivity index (χ4n) is 3.80. The summed E-state index contributed by atoms with van der Waals surface area (Å²) in [5.41, 5.74) is 2.65. The van der Waals surface area contributed by atoms with Gasteiger partial charge in [-0.05, 0) is 60.4 Å². The number of piperidine rings is 1. The number of anilines is 1. The standard InChI is InChI=1S/C23H25FN4O2/c1-30-20-6-2-4-16(12-20)13-23(29)25-19-5-3-11-28(15-19)22-14-21(26-27-22)17-7-9-18(24)10-8-17/h2,4,6-10,12,14,19H,3,5,11,13,15H2,1H3,(H,25,29)(H,26,27). The Bertz CT molecular complexity index is 1000. The Balaban J connectivity index is 1.36. The SMILES string of the molecule is COc1cccc(CC(=O)NC2CCCN(c3cc(-c4ccc(F)cc4)[nH]n3)C2)c1. The second kappa shape index (κ2) is 8.98. The van der Waals surface area contributed by atoms with Crippen LogP contribution in [0.15, 0.2) is 54.6 Å². The van der Waals surface area contributed by atoms with E-state index < -0.39 is 0 Å². The first-order chi connectivity index (χ1) is 14.6. The van der Waals surface area contributed by atoms with Gasteiger partial charge in [-0.25, -0.2) is 4.39 Å². The molecule has 2 N–H and O–H groups in total. The van der Waals surface area contributed by atoms with E-state index in [1.165, 1.54) is 12.1 Å². The molecule has 2 aromatic carbocycles. The Morgan fingerprint density at radius 2 is 2.10 bits per heavy atom. The van der Waals surface area contributed by atoms with Crippen LogP contribution < -0.4 is 15.0 Å². The maximum atomic E-state index is 13.1. The van der Waals surface area contributed by atoms with Gasteiger partial charge in [-0.3, -0.25) is 9.89 Å². The van der Waals surface area contributed by atoms with E-state index >= 15 is 0 Å². The number of carbonyl (C=O) groups excluding carboxylic acids is 1. The van der Waals surface area contributed by atoms with Crippen molar-refractivity contribution in [3.8, 4) is 17.0 Å². The van der Waals surface area contributed by atoms with Crippen LogP contribution in [0.3, 0.4) is 0 Å². The first-order valence-electron chi connectivity index (χ1n) is 10.1. The third kappa shape index (κ3) is 4.79. The summed E-state index contributed by atoms with van der Waals surface area (Å²) in [6.07, 6.45) is 2.24. The van der Waals surface area contributed by atoms with Gasteiger partial charge < -0.3 is 15.0 Å². The average Bonchev–Trinajstić information content (AvgIpc) is 3.25. The first-order valence-corrected chi connectivity index (χ1v) is 10.1. The van der Waals surface area contributed by atoms with Gasteiger partial charge in [0, 0.05) is 25.2 Å². The summed E-state index contributed by atoms with van der Waals surface area (Å²) in [6.45, 7) is 1.59. The summed E-state index contributed by atoms with van der Waals surface area (Å²) in [5.74, 6) is 1.33. The van der Waals surface area contributed by atoms with Crippen molar-refractivity contribution in [3.63, 3.8) is 0 Å². The van der Waals surface area contributed by atoms with Crippen LogP contribution in [0.5, 0.6) is 5.75 Å². The van der Waals surface area contributed by atoms with Gasteiger partial charge in [-0.1, -0.05) is 12.1 Å². The normalized spacial score (nSPS) is 16.3. The van der Waals surface area contributed by atoms with Crippen molar-refractivity contribution in [2.45, 2.75) is 25.3 Å². The highest BCUT2D eigenvalue weighted by Crippen LogP contribution is 2.24. The topological polar surface area (TPSA) is 70.2 Å². The van der Waals surface area contributed by atoms with E-state index in [-0.39, 0.29) is 17.8 Å². The third-order valence-corrected chi connectivity index (χ3v) is 5.33. The third-order valence-electron chi connectivity index (χ3n) is 5.33. The quantitative estimate of drug-likeness (QED) is 0.654. The molecule has 0 bridgehead atoms. The predicted octanol–water partition coefficient (Wildman–Crippen LogP) is 3.55. The van der Waals surface area contributed by atoms with Crippen molar-refractivity contribution in [1.29, 1.82) is 0 Å². The van der Waals surface area contributed by atoms with Crippen molar-refractivity contribution in [2.24, 2.45) is 0 Å².